The fourth-order valence-electron chi connectivity index (χ4n) is 2.00. The van der Waals surface area contributed by atoms with Crippen LogP contribution in [-0.2, 0) is 0 Å². The third kappa shape index (κ3) is 2.10. The summed E-state index contributed by atoms with van der Waals surface area (Å²) < 4.78 is 0. The lowest BCUT2D eigenvalue weighted by Crippen LogP contribution is -2.08. The summed E-state index contributed by atoms with van der Waals surface area (Å²) in [7, 11) is 2.03. The van der Waals surface area contributed by atoms with Crippen molar-refractivity contribution in [2.75, 3.05) is 13.6 Å². The number of rotatable bonds is 4. The van der Waals surface area contributed by atoms with E-state index < -0.39 is 0 Å². The van der Waals surface area contributed by atoms with Crippen LogP contribution in [0.15, 0.2) is 30.3 Å². The molecule has 1 aliphatic rings. The average Bonchev–Trinajstić information content (AvgIpc) is 2.95. The Morgan fingerprint density at radius 1 is 1.31 bits per heavy atom. The molecule has 1 heteroatoms. The highest BCUT2D eigenvalue weighted by molar-refractivity contribution is 5.25. The first kappa shape index (κ1) is 8.76. The molecule has 1 aromatic carbocycles. The molecule has 1 N–H and O–H groups in total. The molecule has 0 bridgehead atoms. The van der Waals surface area contributed by atoms with Crippen molar-refractivity contribution in [1.29, 1.82) is 0 Å². The molecule has 1 saturated carbocycles. The highest BCUT2D eigenvalue weighted by Crippen LogP contribution is 2.49. The van der Waals surface area contributed by atoms with Crippen molar-refractivity contribution in [2.45, 2.75) is 18.8 Å². The van der Waals surface area contributed by atoms with Crippen LogP contribution < -0.4 is 5.32 Å². The standard InChI is InChI=1S/C12H17N/c1-13-8-7-11-9-12(11)10-5-3-2-4-6-10/h2-6,11-13H,7-9H2,1H3. The van der Waals surface area contributed by atoms with Gasteiger partial charge in [0.2, 0.25) is 0 Å². The lowest BCUT2D eigenvalue weighted by molar-refractivity contribution is 0.652. The predicted octanol–water partition coefficient (Wildman–Crippen LogP) is 2.40. The van der Waals surface area contributed by atoms with Gasteiger partial charge >= 0.3 is 0 Å². The zero-order valence-electron chi connectivity index (χ0n) is 8.16. The van der Waals surface area contributed by atoms with E-state index in [4.69, 9.17) is 0 Å². The fourth-order valence-corrected chi connectivity index (χ4v) is 2.00. The number of hydrogen-bond acceptors (Lipinski definition) is 1. The van der Waals surface area contributed by atoms with Crippen LogP contribution in [0.5, 0.6) is 0 Å². The van der Waals surface area contributed by atoms with Crippen LogP contribution in [-0.4, -0.2) is 13.6 Å². The zero-order valence-corrected chi connectivity index (χ0v) is 8.16. The van der Waals surface area contributed by atoms with Crippen LogP contribution in [0, 0.1) is 5.92 Å². The fraction of sp³-hybridized carbons (Fsp3) is 0.500. The number of benzene rings is 1. The highest BCUT2D eigenvalue weighted by atomic mass is 14.8. The third-order valence-corrected chi connectivity index (χ3v) is 2.92. The Kier molecular flexibility index (Phi) is 2.65. The summed E-state index contributed by atoms with van der Waals surface area (Å²) in [6.07, 6.45) is 2.72. The number of nitrogens with one attached hydrogen (secondary N) is 1. The second kappa shape index (κ2) is 3.93. The summed E-state index contributed by atoms with van der Waals surface area (Å²) >= 11 is 0. The summed E-state index contributed by atoms with van der Waals surface area (Å²) in [6, 6.07) is 10.9. The Labute approximate surface area is 80.2 Å². The average molecular weight is 175 g/mol. The maximum atomic E-state index is 3.21. The minimum Gasteiger partial charge on any atom is -0.320 e. The van der Waals surface area contributed by atoms with E-state index in [0.717, 1.165) is 18.4 Å². The van der Waals surface area contributed by atoms with Gasteiger partial charge in [-0.25, -0.2) is 0 Å². The molecule has 1 aliphatic carbocycles. The van der Waals surface area contributed by atoms with E-state index in [0.29, 0.717) is 0 Å². The predicted molar refractivity (Wildman–Crippen MR) is 55.8 cm³/mol. The Bertz CT molecular complexity index is 255. The van der Waals surface area contributed by atoms with Crippen molar-refractivity contribution >= 4 is 0 Å². The van der Waals surface area contributed by atoms with Crippen molar-refractivity contribution in [1.82, 2.24) is 5.32 Å². The van der Waals surface area contributed by atoms with Gasteiger partial charge in [-0.3, -0.25) is 0 Å². The van der Waals surface area contributed by atoms with Crippen molar-refractivity contribution in [3.05, 3.63) is 35.9 Å². The monoisotopic (exact) mass is 175 g/mol. The van der Waals surface area contributed by atoms with Crippen LogP contribution in [0.1, 0.15) is 24.3 Å². The normalized spacial score (nSPS) is 25.9. The lowest BCUT2D eigenvalue weighted by Gasteiger charge is -1.99. The molecule has 2 atom stereocenters. The molecule has 0 aliphatic heterocycles. The van der Waals surface area contributed by atoms with Crippen LogP contribution in [0.4, 0.5) is 0 Å². The van der Waals surface area contributed by atoms with Gasteiger partial charge in [0.05, 0.1) is 0 Å². The van der Waals surface area contributed by atoms with Crippen LogP contribution in [0.3, 0.4) is 0 Å². The van der Waals surface area contributed by atoms with Gasteiger partial charge < -0.3 is 5.32 Å². The molecule has 1 fully saturated rings. The summed E-state index contributed by atoms with van der Waals surface area (Å²) in [5, 5.41) is 3.21. The van der Waals surface area contributed by atoms with Gasteiger partial charge in [0, 0.05) is 0 Å². The molecule has 0 amide bonds. The SMILES string of the molecule is CNCCC1CC1c1ccccc1. The zero-order chi connectivity index (χ0) is 9.10. The quantitative estimate of drug-likeness (QED) is 0.741. The smallest absolute Gasteiger partial charge is 0.00491 e. The van der Waals surface area contributed by atoms with E-state index in [2.05, 4.69) is 35.6 Å². The minimum absolute atomic E-state index is 0.856. The summed E-state index contributed by atoms with van der Waals surface area (Å²) in [5.41, 5.74) is 1.53. The lowest BCUT2D eigenvalue weighted by atomic mass is 10.1. The van der Waals surface area contributed by atoms with E-state index in [1.165, 1.54) is 18.4 Å². The first-order valence-electron chi connectivity index (χ1n) is 5.11. The van der Waals surface area contributed by atoms with Gasteiger partial charge in [-0.05, 0) is 43.8 Å². The Morgan fingerprint density at radius 3 is 2.77 bits per heavy atom. The third-order valence-electron chi connectivity index (χ3n) is 2.92. The van der Waals surface area contributed by atoms with E-state index in [-0.39, 0.29) is 0 Å². The topological polar surface area (TPSA) is 12.0 Å². The molecule has 0 spiro atoms. The number of hydrogen-bond donors (Lipinski definition) is 1. The molecule has 1 aromatic rings. The Hall–Kier alpha value is -0.820. The molecule has 2 unspecified atom stereocenters. The maximum Gasteiger partial charge on any atom is -0.00491 e. The van der Waals surface area contributed by atoms with Crippen molar-refractivity contribution in [3.63, 3.8) is 0 Å². The summed E-state index contributed by atoms with van der Waals surface area (Å²) in [5.74, 6) is 1.80. The van der Waals surface area contributed by atoms with Crippen molar-refractivity contribution in [2.24, 2.45) is 5.92 Å². The second-order valence-corrected chi connectivity index (χ2v) is 3.91. The van der Waals surface area contributed by atoms with Gasteiger partial charge in [-0.2, -0.15) is 0 Å². The van der Waals surface area contributed by atoms with Crippen LogP contribution in [0.2, 0.25) is 0 Å². The van der Waals surface area contributed by atoms with E-state index >= 15 is 0 Å². The molecule has 0 saturated heterocycles. The van der Waals surface area contributed by atoms with Crippen molar-refractivity contribution in [3.8, 4) is 0 Å². The molecule has 1 nitrogen and oxygen atoms in total. The Balaban J connectivity index is 1.86. The van der Waals surface area contributed by atoms with Crippen molar-refractivity contribution < 1.29 is 0 Å². The van der Waals surface area contributed by atoms with Gasteiger partial charge in [-0.15, -0.1) is 0 Å². The molecule has 70 valence electrons. The van der Waals surface area contributed by atoms with Crippen LogP contribution >= 0.6 is 0 Å². The molecule has 2 rings (SSSR count). The first-order valence-corrected chi connectivity index (χ1v) is 5.11. The molecule has 13 heavy (non-hydrogen) atoms. The van der Waals surface area contributed by atoms with E-state index in [9.17, 15) is 0 Å². The van der Waals surface area contributed by atoms with Gasteiger partial charge in [0.25, 0.3) is 0 Å². The molecule has 0 radical (unpaired) electrons. The molecular formula is C12H17N. The maximum absolute atomic E-state index is 3.21. The minimum atomic E-state index is 0.856. The first-order chi connectivity index (χ1) is 6.42. The second-order valence-electron chi connectivity index (χ2n) is 3.91. The van der Waals surface area contributed by atoms with Gasteiger partial charge in [0.1, 0.15) is 0 Å². The molecular weight excluding hydrogens is 158 g/mol. The van der Waals surface area contributed by atoms with E-state index in [1.807, 2.05) is 7.05 Å². The van der Waals surface area contributed by atoms with Gasteiger partial charge in [0.15, 0.2) is 0 Å². The summed E-state index contributed by atoms with van der Waals surface area (Å²) in [4.78, 5) is 0. The molecule has 0 aromatic heterocycles. The van der Waals surface area contributed by atoms with Crippen LogP contribution in [0.25, 0.3) is 0 Å². The Morgan fingerprint density at radius 2 is 2.08 bits per heavy atom. The summed E-state index contributed by atoms with van der Waals surface area (Å²) in [6.45, 7) is 1.16. The van der Waals surface area contributed by atoms with Gasteiger partial charge in [-0.1, -0.05) is 30.3 Å². The largest absolute Gasteiger partial charge is 0.320 e. The molecule has 0 heterocycles. The highest BCUT2D eigenvalue weighted by Gasteiger charge is 2.36. The van der Waals surface area contributed by atoms with E-state index in [1.54, 1.807) is 0 Å².